The average molecular weight is 293 g/mol. The number of rotatable bonds is 7. The molecule has 3 N–H and O–H groups in total. The summed E-state index contributed by atoms with van der Waals surface area (Å²) >= 11 is 0. The van der Waals surface area contributed by atoms with Crippen LogP contribution in [0.15, 0.2) is 6.07 Å². The summed E-state index contributed by atoms with van der Waals surface area (Å²) in [6.07, 6.45) is 1.46. The summed E-state index contributed by atoms with van der Waals surface area (Å²) in [5.41, 5.74) is -0.124. The minimum Gasteiger partial charge on any atom is -0.370 e. The van der Waals surface area contributed by atoms with E-state index in [9.17, 15) is 4.79 Å². The van der Waals surface area contributed by atoms with E-state index in [4.69, 9.17) is 0 Å². The first kappa shape index (κ1) is 17.2. The van der Waals surface area contributed by atoms with Crippen LogP contribution in [-0.2, 0) is 10.2 Å². The monoisotopic (exact) mass is 293 g/mol. The zero-order chi connectivity index (χ0) is 15.9. The van der Waals surface area contributed by atoms with Crippen molar-refractivity contribution in [1.29, 1.82) is 0 Å². The van der Waals surface area contributed by atoms with Crippen LogP contribution >= 0.6 is 0 Å². The van der Waals surface area contributed by atoms with Crippen molar-refractivity contribution in [2.24, 2.45) is 0 Å². The number of hydrogen-bond acceptors (Lipinski definition) is 5. The number of carbonyl (C=O) groups is 1. The molecule has 0 saturated heterocycles. The summed E-state index contributed by atoms with van der Waals surface area (Å²) < 4.78 is 0. The topological polar surface area (TPSA) is 78.9 Å². The van der Waals surface area contributed by atoms with Gasteiger partial charge in [-0.25, -0.2) is 9.97 Å². The molecular weight excluding hydrogens is 266 g/mol. The minimum absolute atomic E-state index is 0.0110. The minimum atomic E-state index is -0.124. The van der Waals surface area contributed by atoms with E-state index in [-0.39, 0.29) is 11.3 Å². The molecule has 0 radical (unpaired) electrons. The van der Waals surface area contributed by atoms with Crippen molar-refractivity contribution < 1.29 is 4.79 Å². The number of hydrogen-bond donors (Lipinski definition) is 3. The highest BCUT2D eigenvalue weighted by Crippen LogP contribution is 2.22. The largest absolute Gasteiger partial charge is 0.370 e. The van der Waals surface area contributed by atoms with E-state index >= 15 is 0 Å². The Bertz CT molecular complexity index is 468. The third-order valence-electron chi connectivity index (χ3n) is 2.89. The van der Waals surface area contributed by atoms with Crippen molar-refractivity contribution in [1.82, 2.24) is 15.3 Å². The Balaban J connectivity index is 2.83. The Morgan fingerprint density at radius 3 is 2.19 bits per heavy atom. The molecule has 118 valence electrons. The second kappa shape index (κ2) is 7.81. The van der Waals surface area contributed by atoms with Gasteiger partial charge in [0.05, 0.1) is 0 Å². The molecule has 1 rings (SSSR count). The normalized spacial score (nSPS) is 11.1. The molecule has 0 aliphatic rings. The summed E-state index contributed by atoms with van der Waals surface area (Å²) in [4.78, 5) is 20.3. The lowest BCUT2D eigenvalue weighted by atomic mass is 9.96. The first-order valence-electron chi connectivity index (χ1n) is 7.44. The fraction of sp³-hybridized carbons (Fsp3) is 0.667. The first-order chi connectivity index (χ1) is 9.86. The second-order valence-electron chi connectivity index (χ2n) is 5.99. The lowest BCUT2D eigenvalue weighted by Gasteiger charge is -2.19. The zero-order valence-corrected chi connectivity index (χ0v) is 13.7. The van der Waals surface area contributed by atoms with E-state index in [0.717, 1.165) is 30.4 Å². The third-order valence-corrected chi connectivity index (χ3v) is 2.89. The lowest BCUT2D eigenvalue weighted by Crippen LogP contribution is -2.22. The van der Waals surface area contributed by atoms with Crippen LogP contribution in [-0.4, -0.2) is 36.0 Å². The van der Waals surface area contributed by atoms with Gasteiger partial charge in [-0.3, -0.25) is 4.79 Å². The van der Waals surface area contributed by atoms with Gasteiger partial charge in [0, 0.05) is 38.0 Å². The van der Waals surface area contributed by atoms with Gasteiger partial charge in [-0.1, -0.05) is 27.7 Å². The van der Waals surface area contributed by atoms with Crippen LogP contribution in [0.3, 0.4) is 0 Å². The number of nitrogens with zero attached hydrogens (tertiary/aromatic N) is 2. The van der Waals surface area contributed by atoms with Gasteiger partial charge in [0.1, 0.15) is 17.5 Å². The zero-order valence-electron chi connectivity index (χ0n) is 13.7. The molecule has 1 amide bonds. The van der Waals surface area contributed by atoms with E-state index in [1.807, 2.05) is 6.07 Å². The maximum absolute atomic E-state index is 11.2. The van der Waals surface area contributed by atoms with Gasteiger partial charge in [-0.2, -0.15) is 0 Å². The third kappa shape index (κ3) is 5.97. The van der Waals surface area contributed by atoms with Crippen molar-refractivity contribution in [3.8, 4) is 0 Å². The van der Waals surface area contributed by atoms with E-state index in [0.29, 0.717) is 13.0 Å². The molecule has 1 heterocycles. The van der Waals surface area contributed by atoms with Crippen molar-refractivity contribution >= 4 is 17.5 Å². The Kier molecular flexibility index (Phi) is 6.39. The SMILES string of the molecule is CCCNc1cc(NCCC(=O)NC)nc(C(C)(C)C)n1. The number of carbonyl (C=O) groups excluding carboxylic acids is 1. The molecule has 0 aliphatic carbocycles. The van der Waals surface area contributed by atoms with Gasteiger partial charge in [0.2, 0.25) is 5.91 Å². The molecule has 0 fully saturated rings. The highest BCUT2D eigenvalue weighted by Gasteiger charge is 2.19. The molecule has 0 aliphatic heterocycles. The summed E-state index contributed by atoms with van der Waals surface area (Å²) in [7, 11) is 1.64. The van der Waals surface area contributed by atoms with Crippen molar-refractivity contribution in [3.05, 3.63) is 11.9 Å². The second-order valence-corrected chi connectivity index (χ2v) is 5.99. The van der Waals surface area contributed by atoms with Crippen LogP contribution in [0.5, 0.6) is 0 Å². The van der Waals surface area contributed by atoms with Gasteiger partial charge in [-0.15, -0.1) is 0 Å². The van der Waals surface area contributed by atoms with Crippen molar-refractivity contribution in [3.63, 3.8) is 0 Å². The highest BCUT2D eigenvalue weighted by molar-refractivity contribution is 5.76. The fourth-order valence-corrected chi connectivity index (χ4v) is 1.65. The van der Waals surface area contributed by atoms with Gasteiger partial charge < -0.3 is 16.0 Å². The van der Waals surface area contributed by atoms with Gasteiger partial charge in [-0.05, 0) is 6.42 Å². The van der Waals surface area contributed by atoms with Crippen LogP contribution in [0.4, 0.5) is 11.6 Å². The van der Waals surface area contributed by atoms with Crippen LogP contribution in [0, 0.1) is 0 Å². The standard InChI is InChI=1S/C15H27N5O/c1-6-8-17-11-10-12(18-9-7-13(21)16-5)20-14(19-11)15(2,3)4/h10H,6-9H2,1-5H3,(H,16,21)(H2,17,18,19,20). The maximum atomic E-state index is 11.2. The quantitative estimate of drug-likeness (QED) is 0.718. The molecule has 0 atom stereocenters. The molecular formula is C15H27N5O. The summed E-state index contributed by atoms with van der Waals surface area (Å²) in [5, 5.41) is 9.08. The van der Waals surface area contributed by atoms with E-state index < -0.39 is 0 Å². The summed E-state index contributed by atoms with van der Waals surface area (Å²) in [6, 6.07) is 1.88. The molecule has 21 heavy (non-hydrogen) atoms. The smallest absolute Gasteiger partial charge is 0.221 e. The summed E-state index contributed by atoms with van der Waals surface area (Å²) in [5.74, 6) is 2.36. The molecule has 0 spiro atoms. The molecule has 6 heteroatoms. The Labute approximate surface area is 127 Å². The summed E-state index contributed by atoms with van der Waals surface area (Å²) in [6.45, 7) is 9.79. The highest BCUT2D eigenvalue weighted by atomic mass is 16.1. The van der Waals surface area contributed by atoms with Crippen molar-refractivity contribution in [2.75, 3.05) is 30.8 Å². The Morgan fingerprint density at radius 2 is 1.71 bits per heavy atom. The number of aromatic nitrogens is 2. The predicted molar refractivity (Wildman–Crippen MR) is 86.7 cm³/mol. The molecule has 0 saturated carbocycles. The van der Waals surface area contributed by atoms with Crippen LogP contribution in [0.25, 0.3) is 0 Å². The van der Waals surface area contributed by atoms with Gasteiger partial charge in [0.15, 0.2) is 0 Å². The molecule has 1 aromatic heterocycles. The molecule has 0 unspecified atom stereocenters. The predicted octanol–water partition coefficient (Wildman–Crippen LogP) is 2.14. The number of amides is 1. The number of nitrogens with one attached hydrogen (secondary N) is 3. The van der Waals surface area contributed by atoms with Crippen LogP contribution < -0.4 is 16.0 Å². The average Bonchev–Trinajstić information content (AvgIpc) is 2.43. The molecule has 0 aromatic carbocycles. The molecule has 0 bridgehead atoms. The van der Waals surface area contributed by atoms with Gasteiger partial charge in [0.25, 0.3) is 0 Å². The Hall–Kier alpha value is -1.85. The Morgan fingerprint density at radius 1 is 1.14 bits per heavy atom. The molecule has 6 nitrogen and oxygen atoms in total. The number of anilines is 2. The van der Waals surface area contributed by atoms with Crippen molar-refractivity contribution in [2.45, 2.75) is 46.0 Å². The fourth-order valence-electron chi connectivity index (χ4n) is 1.65. The van der Waals surface area contributed by atoms with E-state index in [2.05, 4.69) is 53.6 Å². The first-order valence-corrected chi connectivity index (χ1v) is 7.44. The lowest BCUT2D eigenvalue weighted by molar-refractivity contribution is -0.120. The van der Waals surface area contributed by atoms with E-state index in [1.54, 1.807) is 7.05 Å². The van der Waals surface area contributed by atoms with Gasteiger partial charge >= 0.3 is 0 Å². The molecule has 1 aromatic rings. The van der Waals surface area contributed by atoms with Crippen LogP contribution in [0.2, 0.25) is 0 Å². The van der Waals surface area contributed by atoms with Crippen LogP contribution in [0.1, 0.15) is 46.4 Å². The maximum Gasteiger partial charge on any atom is 0.221 e. The van der Waals surface area contributed by atoms with E-state index in [1.165, 1.54) is 0 Å².